The minimum absolute atomic E-state index is 0.158. The van der Waals surface area contributed by atoms with E-state index in [2.05, 4.69) is 35.2 Å². The maximum absolute atomic E-state index is 12.5. The molecule has 2 aromatic carbocycles. The lowest BCUT2D eigenvalue weighted by molar-refractivity contribution is 0.115. The highest BCUT2D eigenvalue weighted by atomic mass is 19.1. The van der Waals surface area contributed by atoms with Gasteiger partial charge in [-0.2, -0.15) is 0 Å². The summed E-state index contributed by atoms with van der Waals surface area (Å²) < 4.78 is 18.8. The maximum atomic E-state index is 12.5. The van der Waals surface area contributed by atoms with Gasteiger partial charge in [0.25, 0.3) is 0 Å². The van der Waals surface area contributed by atoms with E-state index in [1.165, 1.54) is 27.8 Å². The number of alkyl halides is 1. The number of nitrogens with zero attached hydrogens (tertiary/aromatic N) is 1. The van der Waals surface area contributed by atoms with E-state index in [0.29, 0.717) is 18.1 Å². The number of allylic oxidation sites excluding steroid dienone is 1. The zero-order valence-corrected chi connectivity index (χ0v) is 20.6. The van der Waals surface area contributed by atoms with E-state index >= 15 is 0 Å². The molecule has 188 valence electrons. The highest BCUT2D eigenvalue weighted by molar-refractivity contribution is 5.85. The van der Waals surface area contributed by atoms with E-state index in [1.807, 2.05) is 6.07 Å². The first kappa shape index (κ1) is 24.3. The van der Waals surface area contributed by atoms with Gasteiger partial charge in [0, 0.05) is 19.6 Å². The SMILES string of the molecule is Oc1ccc2c(c1)CCCC(C1CCC(O)CC1)=C2c1ccc(OC2CCN(CCCF)C2)cc1. The number of phenols is 1. The fourth-order valence-electron chi connectivity index (χ4n) is 6.24. The predicted octanol–water partition coefficient (Wildman–Crippen LogP) is 5.89. The van der Waals surface area contributed by atoms with Crippen molar-refractivity contribution in [3.63, 3.8) is 0 Å². The Hall–Kier alpha value is -2.37. The van der Waals surface area contributed by atoms with Crippen LogP contribution < -0.4 is 4.74 Å². The van der Waals surface area contributed by atoms with Crippen LogP contribution in [0.5, 0.6) is 11.5 Å². The molecule has 0 spiro atoms. The number of phenolic OH excluding ortho intramolecular Hbond substituents is 1. The van der Waals surface area contributed by atoms with Crippen LogP contribution in [0, 0.1) is 5.92 Å². The smallest absolute Gasteiger partial charge is 0.119 e. The normalized spacial score (nSPS) is 25.4. The van der Waals surface area contributed by atoms with Gasteiger partial charge in [-0.15, -0.1) is 0 Å². The molecule has 1 unspecified atom stereocenters. The Morgan fingerprint density at radius 1 is 0.971 bits per heavy atom. The molecule has 5 heteroatoms. The van der Waals surface area contributed by atoms with E-state index in [1.54, 1.807) is 6.07 Å². The summed E-state index contributed by atoms with van der Waals surface area (Å²) in [6.45, 7) is 2.38. The van der Waals surface area contributed by atoms with Crippen LogP contribution in [0.2, 0.25) is 0 Å². The van der Waals surface area contributed by atoms with Crippen molar-refractivity contribution in [2.45, 2.75) is 70.0 Å². The van der Waals surface area contributed by atoms with E-state index in [4.69, 9.17) is 4.74 Å². The molecule has 1 heterocycles. The molecule has 0 bridgehead atoms. The van der Waals surface area contributed by atoms with Crippen LogP contribution in [0.1, 0.15) is 68.1 Å². The Bertz CT molecular complexity index is 1030. The van der Waals surface area contributed by atoms with Gasteiger partial charge in [0.15, 0.2) is 0 Å². The van der Waals surface area contributed by atoms with Gasteiger partial charge in [-0.1, -0.05) is 23.8 Å². The zero-order valence-electron chi connectivity index (χ0n) is 20.6. The summed E-state index contributed by atoms with van der Waals surface area (Å²) in [6, 6.07) is 14.3. The maximum Gasteiger partial charge on any atom is 0.119 e. The third-order valence-electron chi connectivity index (χ3n) is 8.04. The van der Waals surface area contributed by atoms with Crippen LogP contribution in [-0.4, -0.2) is 53.6 Å². The van der Waals surface area contributed by atoms with Crippen LogP contribution in [0.15, 0.2) is 48.0 Å². The molecule has 2 aromatic rings. The Balaban J connectivity index is 1.41. The molecule has 3 aliphatic rings. The first-order valence-electron chi connectivity index (χ1n) is 13.4. The Kier molecular flexibility index (Phi) is 7.74. The van der Waals surface area contributed by atoms with Crippen LogP contribution in [-0.2, 0) is 6.42 Å². The number of benzene rings is 2. The molecule has 2 N–H and O–H groups in total. The van der Waals surface area contributed by atoms with E-state index < -0.39 is 0 Å². The lowest BCUT2D eigenvalue weighted by atomic mass is 9.77. The van der Waals surface area contributed by atoms with Gasteiger partial charge in [0.2, 0.25) is 0 Å². The van der Waals surface area contributed by atoms with E-state index in [-0.39, 0.29) is 18.9 Å². The Morgan fingerprint density at radius 3 is 2.54 bits per heavy atom. The van der Waals surface area contributed by atoms with Gasteiger partial charge in [0.1, 0.15) is 17.6 Å². The van der Waals surface area contributed by atoms with Crippen molar-refractivity contribution in [3.05, 3.63) is 64.7 Å². The second-order valence-corrected chi connectivity index (χ2v) is 10.5. The number of aliphatic hydroxyl groups is 1. The van der Waals surface area contributed by atoms with Crippen molar-refractivity contribution >= 4 is 5.57 Å². The number of halogens is 1. The molecule has 2 aliphatic carbocycles. The number of aliphatic hydroxyl groups excluding tert-OH is 1. The molecule has 5 rings (SSSR count). The standard InChI is InChI=1S/C30H38FNO3/c31-16-2-17-32-18-15-27(20-32)35-26-12-7-22(8-13-26)30-28(21-5-9-24(33)10-6-21)4-1-3-23-19-25(34)11-14-29(23)30/h7-8,11-14,19,21,24,27,33-34H,1-6,9-10,15-18,20H2. The van der Waals surface area contributed by atoms with Crippen LogP contribution in [0.4, 0.5) is 4.39 Å². The Labute approximate surface area is 208 Å². The summed E-state index contributed by atoms with van der Waals surface area (Å²) in [5, 5.41) is 20.2. The molecule has 1 saturated carbocycles. The molecule has 1 saturated heterocycles. The summed E-state index contributed by atoms with van der Waals surface area (Å²) in [5.74, 6) is 1.71. The highest BCUT2D eigenvalue weighted by Gasteiger charge is 2.28. The summed E-state index contributed by atoms with van der Waals surface area (Å²) in [5.41, 5.74) is 6.46. The first-order valence-corrected chi connectivity index (χ1v) is 13.4. The molecule has 1 aliphatic heterocycles. The lowest BCUT2D eigenvalue weighted by Crippen LogP contribution is -2.26. The van der Waals surface area contributed by atoms with Gasteiger partial charge < -0.3 is 14.9 Å². The summed E-state index contributed by atoms with van der Waals surface area (Å²) >= 11 is 0. The van der Waals surface area contributed by atoms with Gasteiger partial charge in [0.05, 0.1) is 12.8 Å². The predicted molar refractivity (Wildman–Crippen MR) is 138 cm³/mol. The van der Waals surface area contributed by atoms with Crippen molar-refractivity contribution in [2.24, 2.45) is 5.92 Å². The molecule has 0 aromatic heterocycles. The third-order valence-corrected chi connectivity index (χ3v) is 8.04. The number of fused-ring (bicyclic) bond motifs is 1. The molecular formula is C30H38FNO3. The zero-order chi connectivity index (χ0) is 24.2. The molecule has 1 atom stereocenters. The van der Waals surface area contributed by atoms with Crippen molar-refractivity contribution in [2.75, 3.05) is 26.3 Å². The number of rotatable bonds is 7. The van der Waals surface area contributed by atoms with E-state index in [9.17, 15) is 14.6 Å². The molecule has 0 radical (unpaired) electrons. The highest BCUT2D eigenvalue weighted by Crippen LogP contribution is 2.43. The molecular weight excluding hydrogens is 441 g/mol. The quantitative estimate of drug-likeness (QED) is 0.520. The van der Waals surface area contributed by atoms with Gasteiger partial charge in [-0.25, -0.2) is 0 Å². The van der Waals surface area contributed by atoms with E-state index in [0.717, 1.165) is 76.8 Å². The summed E-state index contributed by atoms with van der Waals surface area (Å²) in [4.78, 5) is 2.29. The number of ether oxygens (including phenoxy) is 1. The second kappa shape index (κ2) is 11.1. The van der Waals surface area contributed by atoms with Gasteiger partial charge in [-0.05, 0) is 110 Å². The minimum atomic E-state index is -0.258. The van der Waals surface area contributed by atoms with Crippen LogP contribution in [0.3, 0.4) is 0 Å². The van der Waals surface area contributed by atoms with Crippen LogP contribution >= 0.6 is 0 Å². The van der Waals surface area contributed by atoms with Gasteiger partial charge in [-0.3, -0.25) is 9.29 Å². The average Bonchev–Trinajstić information content (AvgIpc) is 3.22. The molecule has 0 amide bonds. The lowest BCUT2D eigenvalue weighted by Gasteiger charge is -2.29. The third kappa shape index (κ3) is 5.73. The minimum Gasteiger partial charge on any atom is -0.508 e. The summed E-state index contributed by atoms with van der Waals surface area (Å²) in [7, 11) is 0. The summed E-state index contributed by atoms with van der Waals surface area (Å²) in [6.07, 6.45) is 8.50. The monoisotopic (exact) mass is 479 g/mol. The molecule has 4 nitrogen and oxygen atoms in total. The first-order chi connectivity index (χ1) is 17.1. The second-order valence-electron chi connectivity index (χ2n) is 10.5. The van der Waals surface area contributed by atoms with Crippen molar-refractivity contribution < 1.29 is 19.3 Å². The van der Waals surface area contributed by atoms with Gasteiger partial charge >= 0.3 is 0 Å². The van der Waals surface area contributed by atoms with Crippen molar-refractivity contribution in [1.29, 1.82) is 0 Å². The van der Waals surface area contributed by atoms with Crippen molar-refractivity contribution in [1.82, 2.24) is 4.90 Å². The molecule has 35 heavy (non-hydrogen) atoms. The number of aryl methyl sites for hydroxylation is 1. The number of hydrogen-bond donors (Lipinski definition) is 2. The fraction of sp³-hybridized carbons (Fsp3) is 0.533. The van der Waals surface area contributed by atoms with Crippen molar-refractivity contribution in [3.8, 4) is 11.5 Å². The largest absolute Gasteiger partial charge is 0.508 e. The number of aromatic hydroxyl groups is 1. The topological polar surface area (TPSA) is 52.9 Å². The number of likely N-dealkylation sites (tertiary alicyclic amines) is 1. The Morgan fingerprint density at radius 2 is 1.77 bits per heavy atom. The number of hydrogen-bond acceptors (Lipinski definition) is 4. The van der Waals surface area contributed by atoms with Crippen LogP contribution in [0.25, 0.3) is 5.57 Å². The fourth-order valence-corrected chi connectivity index (χ4v) is 6.24. The average molecular weight is 480 g/mol. The molecule has 2 fully saturated rings.